The van der Waals surface area contributed by atoms with Crippen molar-refractivity contribution in [3.63, 3.8) is 0 Å². The fourth-order valence-corrected chi connectivity index (χ4v) is 1.65. The van der Waals surface area contributed by atoms with Crippen molar-refractivity contribution in [3.05, 3.63) is 11.4 Å². The van der Waals surface area contributed by atoms with Crippen LogP contribution in [-0.4, -0.2) is 31.8 Å². The molecule has 0 bridgehead atoms. The molecule has 0 aliphatic heterocycles. The van der Waals surface area contributed by atoms with Crippen LogP contribution in [-0.2, 0) is 4.79 Å². The van der Waals surface area contributed by atoms with E-state index in [9.17, 15) is 4.79 Å². The molecule has 0 atom stereocenters. The molecule has 86 valence electrons. The van der Waals surface area contributed by atoms with E-state index in [1.165, 1.54) is 0 Å². The van der Waals surface area contributed by atoms with Gasteiger partial charge in [0.2, 0.25) is 5.95 Å². The van der Waals surface area contributed by atoms with E-state index < -0.39 is 11.5 Å². The van der Waals surface area contributed by atoms with Gasteiger partial charge in [-0.2, -0.15) is 5.10 Å². The number of rotatable bonds is 3. The number of nitrogens with zero attached hydrogens (tertiary/aromatic N) is 3. The molecule has 0 unspecified atom stereocenters. The lowest BCUT2D eigenvalue weighted by Crippen LogP contribution is -2.52. The summed E-state index contributed by atoms with van der Waals surface area (Å²) >= 11 is 0. The number of hydrogen-bond acceptors (Lipinski definition) is 5. The number of carboxylic acids is 1. The smallest absolute Gasteiger partial charge is 0.329 e. The second kappa shape index (κ2) is 3.70. The Balaban J connectivity index is 2.20. The van der Waals surface area contributed by atoms with Crippen molar-refractivity contribution in [1.82, 2.24) is 15.2 Å². The molecule has 1 aromatic heterocycles. The number of aromatic nitrogens is 3. The Morgan fingerprint density at radius 3 is 2.44 bits per heavy atom. The second-order valence-electron chi connectivity index (χ2n) is 4.17. The number of aryl methyl sites for hydroxylation is 2. The number of carboxylic acid groups (broad SMARTS) is 1. The molecule has 16 heavy (non-hydrogen) atoms. The average Bonchev–Trinajstić information content (AvgIpc) is 2.16. The first-order valence-corrected chi connectivity index (χ1v) is 5.23. The van der Waals surface area contributed by atoms with Crippen LogP contribution in [0.25, 0.3) is 0 Å². The molecule has 1 fully saturated rings. The predicted molar refractivity (Wildman–Crippen MR) is 57.1 cm³/mol. The zero-order valence-corrected chi connectivity index (χ0v) is 9.32. The summed E-state index contributed by atoms with van der Waals surface area (Å²) in [5.41, 5.74) is 0.629. The van der Waals surface area contributed by atoms with Gasteiger partial charge in [-0.05, 0) is 33.1 Å². The lowest BCUT2D eigenvalue weighted by atomic mass is 9.77. The van der Waals surface area contributed by atoms with Crippen LogP contribution in [0.2, 0.25) is 0 Å². The van der Waals surface area contributed by atoms with E-state index in [1.54, 1.807) is 0 Å². The van der Waals surface area contributed by atoms with Gasteiger partial charge in [-0.1, -0.05) is 0 Å². The highest BCUT2D eigenvalue weighted by atomic mass is 16.4. The van der Waals surface area contributed by atoms with Gasteiger partial charge in [0.05, 0.1) is 11.4 Å². The van der Waals surface area contributed by atoms with Crippen molar-refractivity contribution in [2.75, 3.05) is 5.32 Å². The summed E-state index contributed by atoms with van der Waals surface area (Å²) in [5, 5.41) is 19.8. The van der Waals surface area contributed by atoms with E-state index >= 15 is 0 Å². The van der Waals surface area contributed by atoms with Gasteiger partial charge < -0.3 is 10.4 Å². The number of carbonyl (C=O) groups is 1. The quantitative estimate of drug-likeness (QED) is 0.790. The topological polar surface area (TPSA) is 88.0 Å². The third-order valence-electron chi connectivity index (χ3n) is 3.06. The maximum Gasteiger partial charge on any atom is 0.329 e. The van der Waals surface area contributed by atoms with Gasteiger partial charge in [-0.3, -0.25) is 0 Å². The minimum atomic E-state index is -0.886. The highest BCUT2D eigenvalue weighted by Crippen LogP contribution is 2.34. The van der Waals surface area contributed by atoms with Crippen molar-refractivity contribution < 1.29 is 9.90 Å². The second-order valence-corrected chi connectivity index (χ2v) is 4.17. The Kier molecular flexibility index (Phi) is 2.49. The Labute approximate surface area is 93.1 Å². The summed E-state index contributed by atoms with van der Waals surface area (Å²) < 4.78 is 0. The van der Waals surface area contributed by atoms with Crippen LogP contribution < -0.4 is 5.32 Å². The molecule has 6 nitrogen and oxygen atoms in total. The minimum absolute atomic E-state index is 0.296. The van der Waals surface area contributed by atoms with Gasteiger partial charge in [0.1, 0.15) is 5.54 Å². The summed E-state index contributed by atoms with van der Waals surface area (Å²) in [6.45, 7) is 3.64. The van der Waals surface area contributed by atoms with Gasteiger partial charge in [-0.15, -0.1) is 5.10 Å². The first-order chi connectivity index (χ1) is 7.53. The molecule has 1 aromatic rings. The highest BCUT2D eigenvalue weighted by Gasteiger charge is 2.45. The molecule has 2 N–H and O–H groups in total. The fraction of sp³-hybridized carbons (Fsp3) is 0.600. The average molecular weight is 222 g/mol. The summed E-state index contributed by atoms with van der Waals surface area (Å²) in [6, 6.07) is 0. The molecule has 1 saturated carbocycles. The first-order valence-electron chi connectivity index (χ1n) is 5.23. The zero-order chi connectivity index (χ0) is 11.8. The lowest BCUT2D eigenvalue weighted by molar-refractivity contribution is -0.145. The molecule has 0 spiro atoms. The molecular formula is C10H14N4O2. The van der Waals surface area contributed by atoms with Crippen molar-refractivity contribution in [3.8, 4) is 0 Å². The molecule has 6 heteroatoms. The third kappa shape index (κ3) is 1.70. The maximum absolute atomic E-state index is 11.1. The molecule has 0 aromatic carbocycles. The normalized spacial score (nSPS) is 17.6. The monoisotopic (exact) mass is 222 g/mol. The molecule has 0 saturated heterocycles. The number of aliphatic carboxylic acids is 1. The highest BCUT2D eigenvalue weighted by molar-refractivity contribution is 5.83. The van der Waals surface area contributed by atoms with Crippen molar-refractivity contribution in [1.29, 1.82) is 0 Å². The van der Waals surface area contributed by atoms with Crippen LogP contribution >= 0.6 is 0 Å². The third-order valence-corrected chi connectivity index (χ3v) is 3.06. The van der Waals surface area contributed by atoms with Gasteiger partial charge in [0.25, 0.3) is 0 Å². The van der Waals surface area contributed by atoms with Crippen LogP contribution in [0.4, 0.5) is 5.95 Å². The molecule has 0 radical (unpaired) electrons. The van der Waals surface area contributed by atoms with Gasteiger partial charge in [0, 0.05) is 0 Å². The summed E-state index contributed by atoms with van der Waals surface area (Å²) in [6.07, 6.45) is 2.13. The number of hydrogen-bond donors (Lipinski definition) is 2. The van der Waals surface area contributed by atoms with Crippen molar-refractivity contribution in [2.24, 2.45) is 0 Å². The Morgan fingerprint density at radius 2 is 2.00 bits per heavy atom. The van der Waals surface area contributed by atoms with Gasteiger partial charge >= 0.3 is 5.97 Å². The van der Waals surface area contributed by atoms with Crippen LogP contribution in [0, 0.1) is 13.8 Å². The Morgan fingerprint density at radius 1 is 1.31 bits per heavy atom. The Bertz CT molecular complexity index is 429. The van der Waals surface area contributed by atoms with E-state index in [-0.39, 0.29) is 0 Å². The van der Waals surface area contributed by atoms with Crippen LogP contribution in [0.15, 0.2) is 0 Å². The molecule has 1 heterocycles. The molecule has 0 amide bonds. The molecule has 1 aliphatic carbocycles. The largest absolute Gasteiger partial charge is 0.480 e. The van der Waals surface area contributed by atoms with Gasteiger partial charge in [-0.25, -0.2) is 9.78 Å². The van der Waals surface area contributed by atoms with E-state index in [0.717, 1.165) is 17.8 Å². The minimum Gasteiger partial charge on any atom is -0.480 e. The lowest BCUT2D eigenvalue weighted by Gasteiger charge is -2.38. The van der Waals surface area contributed by atoms with E-state index in [1.807, 2.05) is 13.8 Å². The van der Waals surface area contributed by atoms with Crippen molar-refractivity contribution in [2.45, 2.75) is 38.6 Å². The Hall–Kier alpha value is -1.72. The maximum atomic E-state index is 11.1. The fourth-order valence-electron chi connectivity index (χ4n) is 1.65. The SMILES string of the molecule is Cc1nnc(NC2(C(=O)O)CCC2)nc1C. The first kappa shape index (κ1) is 10.8. The van der Waals surface area contributed by atoms with Gasteiger partial charge in [0.15, 0.2) is 0 Å². The predicted octanol–water partition coefficient (Wildman–Crippen LogP) is 0.908. The van der Waals surface area contributed by atoms with E-state index in [2.05, 4.69) is 20.5 Å². The number of nitrogens with one attached hydrogen (secondary N) is 1. The summed E-state index contributed by atoms with van der Waals surface area (Å²) in [7, 11) is 0. The van der Waals surface area contributed by atoms with Crippen LogP contribution in [0.5, 0.6) is 0 Å². The van der Waals surface area contributed by atoms with E-state index in [4.69, 9.17) is 5.11 Å². The standard InChI is InChI=1S/C10H14N4O2/c1-6-7(2)13-14-9(11-6)12-10(8(15)16)4-3-5-10/h3-5H2,1-2H3,(H,15,16)(H,11,12,14). The summed E-state index contributed by atoms with van der Waals surface area (Å²) in [4.78, 5) is 15.3. The van der Waals surface area contributed by atoms with Crippen molar-refractivity contribution >= 4 is 11.9 Å². The zero-order valence-electron chi connectivity index (χ0n) is 9.32. The van der Waals surface area contributed by atoms with E-state index in [0.29, 0.717) is 18.8 Å². The number of anilines is 1. The van der Waals surface area contributed by atoms with Crippen LogP contribution in [0.3, 0.4) is 0 Å². The molecule has 1 aliphatic rings. The molecular weight excluding hydrogens is 208 g/mol. The summed E-state index contributed by atoms with van der Waals surface area (Å²) in [5.74, 6) is -0.550. The van der Waals surface area contributed by atoms with Crippen LogP contribution in [0.1, 0.15) is 30.7 Å². The molecule has 2 rings (SSSR count).